The fourth-order valence-electron chi connectivity index (χ4n) is 2.41. The maximum Gasteiger partial charge on any atom is 0.490 e. The topological polar surface area (TPSA) is 187 Å². The molecule has 15 heteroatoms. The summed E-state index contributed by atoms with van der Waals surface area (Å²) in [4.78, 5) is 42.5. The number of carboxylic acid groups (broad SMARTS) is 1. The second-order valence-electron chi connectivity index (χ2n) is 6.80. The lowest BCUT2D eigenvalue weighted by atomic mass is 10.1. The van der Waals surface area contributed by atoms with Crippen LogP contribution in [-0.2, 0) is 27.4 Å². The Bertz CT molecular complexity index is 1060. The monoisotopic (exact) mass is 501 g/mol. The predicted molar refractivity (Wildman–Crippen MR) is 120 cm³/mol. The summed E-state index contributed by atoms with van der Waals surface area (Å²) in [6, 6.07) is 9.92. The van der Waals surface area contributed by atoms with Gasteiger partial charge < -0.3 is 32.0 Å². The van der Waals surface area contributed by atoms with Gasteiger partial charge in [-0.05, 0) is 24.1 Å². The molecule has 192 valence electrons. The number of hydrogen-bond acceptors (Lipinski definition) is 7. The van der Waals surface area contributed by atoms with Crippen molar-refractivity contribution in [1.82, 2.24) is 14.9 Å². The first-order valence-corrected chi connectivity index (χ1v) is 10.0. The number of aryl methyl sites for hydroxylation is 1. The molecule has 7 N–H and O–H groups in total. The number of aliphatic carboxylic acids is 1. The third-order valence-electron chi connectivity index (χ3n) is 4.03. The van der Waals surface area contributed by atoms with Crippen LogP contribution in [0.1, 0.15) is 11.3 Å². The third-order valence-corrected chi connectivity index (χ3v) is 4.03. The molecule has 12 nitrogen and oxygen atoms in total. The molecule has 1 amide bonds. The SMILES string of the molecule is Cc1cnc(NCCc2ccccc2)c(=O)n1CC(=O)NCCON=C(N)N.O=C(O)C(F)(F)F. The highest BCUT2D eigenvalue weighted by atomic mass is 19.4. The van der Waals surface area contributed by atoms with E-state index in [1.807, 2.05) is 30.3 Å². The lowest BCUT2D eigenvalue weighted by Crippen LogP contribution is -2.36. The maximum atomic E-state index is 12.6. The van der Waals surface area contributed by atoms with Gasteiger partial charge in [0.05, 0.1) is 6.54 Å². The Balaban J connectivity index is 0.000000762. The summed E-state index contributed by atoms with van der Waals surface area (Å²) < 4.78 is 33.1. The molecular formula is C20H26F3N7O5. The molecule has 0 saturated carbocycles. The Morgan fingerprint density at radius 3 is 2.40 bits per heavy atom. The summed E-state index contributed by atoms with van der Waals surface area (Å²) in [5.41, 5.74) is 11.6. The van der Waals surface area contributed by atoms with Crippen molar-refractivity contribution >= 4 is 23.7 Å². The minimum atomic E-state index is -5.08. The number of anilines is 1. The van der Waals surface area contributed by atoms with E-state index in [1.54, 1.807) is 13.1 Å². The number of benzene rings is 1. The first-order valence-electron chi connectivity index (χ1n) is 10.0. The number of oxime groups is 1. The number of guanidine groups is 1. The fourth-order valence-corrected chi connectivity index (χ4v) is 2.41. The molecule has 0 spiro atoms. The molecule has 0 bridgehead atoms. The van der Waals surface area contributed by atoms with Gasteiger partial charge >= 0.3 is 12.1 Å². The Morgan fingerprint density at radius 2 is 1.83 bits per heavy atom. The molecule has 1 aromatic heterocycles. The van der Waals surface area contributed by atoms with Crippen LogP contribution >= 0.6 is 0 Å². The zero-order valence-corrected chi connectivity index (χ0v) is 18.7. The third kappa shape index (κ3) is 11.4. The molecule has 1 aromatic carbocycles. The fraction of sp³-hybridized carbons (Fsp3) is 0.350. The van der Waals surface area contributed by atoms with E-state index in [0.29, 0.717) is 12.2 Å². The Hall–Kier alpha value is -4.30. The molecule has 0 unspecified atom stereocenters. The highest BCUT2D eigenvalue weighted by Gasteiger charge is 2.38. The van der Waals surface area contributed by atoms with E-state index in [9.17, 15) is 22.8 Å². The Kier molecular flexibility index (Phi) is 11.5. The summed E-state index contributed by atoms with van der Waals surface area (Å²) in [7, 11) is 0. The average Bonchev–Trinajstić information content (AvgIpc) is 2.78. The number of hydrogen-bond donors (Lipinski definition) is 5. The van der Waals surface area contributed by atoms with Gasteiger partial charge in [0, 0.05) is 18.4 Å². The van der Waals surface area contributed by atoms with Gasteiger partial charge in [-0.2, -0.15) is 13.2 Å². The molecule has 0 aliphatic rings. The largest absolute Gasteiger partial charge is 0.490 e. The normalized spacial score (nSPS) is 10.4. The zero-order valence-electron chi connectivity index (χ0n) is 18.7. The standard InChI is InChI=1S/C18H25N7O3.C2HF3O2/c1-13-11-23-16(22-8-7-14-5-3-2-4-6-14)17(27)25(13)12-15(26)21-9-10-28-24-18(19)20;3-2(4,5)1(6)7/h2-6,11H,7-10,12H2,1H3,(H,21,26)(H,22,23)(H4,19,20,24);(H,6,7). The molecule has 1 heterocycles. The number of aromatic nitrogens is 2. The van der Waals surface area contributed by atoms with Crippen LogP contribution in [0.15, 0.2) is 46.5 Å². The lowest BCUT2D eigenvalue weighted by Gasteiger charge is -2.12. The molecule has 0 fully saturated rings. The first kappa shape index (κ1) is 28.7. The van der Waals surface area contributed by atoms with Crippen molar-refractivity contribution in [3.8, 4) is 0 Å². The van der Waals surface area contributed by atoms with Gasteiger partial charge in [0.25, 0.3) is 5.56 Å². The number of amides is 1. The van der Waals surface area contributed by atoms with Gasteiger partial charge in [0.2, 0.25) is 11.9 Å². The first-order chi connectivity index (χ1) is 16.4. The highest BCUT2D eigenvalue weighted by molar-refractivity contribution is 5.76. The number of rotatable bonds is 10. The molecule has 0 saturated heterocycles. The minimum absolute atomic E-state index is 0.111. The van der Waals surface area contributed by atoms with E-state index in [1.165, 1.54) is 4.57 Å². The van der Waals surface area contributed by atoms with Crippen molar-refractivity contribution in [2.45, 2.75) is 26.1 Å². The lowest BCUT2D eigenvalue weighted by molar-refractivity contribution is -0.192. The summed E-state index contributed by atoms with van der Waals surface area (Å²) in [5.74, 6) is -3.07. The van der Waals surface area contributed by atoms with Crippen molar-refractivity contribution < 1.29 is 32.7 Å². The van der Waals surface area contributed by atoms with Gasteiger partial charge in [-0.25, -0.2) is 9.78 Å². The molecule has 35 heavy (non-hydrogen) atoms. The summed E-state index contributed by atoms with van der Waals surface area (Å²) in [6.45, 7) is 2.47. The van der Waals surface area contributed by atoms with Crippen molar-refractivity contribution in [2.75, 3.05) is 25.0 Å². The van der Waals surface area contributed by atoms with E-state index in [0.717, 1.165) is 12.0 Å². The van der Waals surface area contributed by atoms with Crippen molar-refractivity contribution in [3.05, 3.63) is 58.1 Å². The average molecular weight is 501 g/mol. The molecule has 2 rings (SSSR count). The van der Waals surface area contributed by atoms with Crippen LogP contribution in [0.25, 0.3) is 0 Å². The number of alkyl halides is 3. The van der Waals surface area contributed by atoms with Crippen LogP contribution in [-0.4, -0.2) is 58.4 Å². The minimum Gasteiger partial charge on any atom is -0.475 e. The molecule has 0 atom stereocenters. The van der Waals surface area contributed by atoms with E-state index in [2.05, 4.69) is 20.8 Å². The van der Waals surface area contributed by atoms with Crippen LogP contribution in [0.3, 0.4) is 0 Å². The van der Waals surface area contributed by atoms with Gasteiger partial charge in [-0.3, -0.25) is 14.2 Å². The zero-order chi connectivity index (χ0) is 26.4. The number of carboxylic acids is 1. The molecule has 2 aromatic rings. The van der Waals surface area contributed by atoms with Gasteiger partial charge in [-0.1, -0.05) is 30.3 Å². The second kappa shape index (κ2) is 14.1. The summed E-state index contributed by atoms with van der Waals surface area (Å²) >= 11 is 0. The molecule has 0 aliphatic carbocycles. The smallest absolute Gasteiger partial charge is 0.475 e. The van der Waals surface area contributed by atoms with Gasteiger partial charge in [0.1, 0.15) is 13.2 Å². The van der Waals surface area contributed by atoms with E-state index >= 15 is 0 Å². The molecule has 0 aliphatic heterocycles. The number of nitrogens with zero attached hydrogens (tertiary/aromatic N) is 3. The van der Waals surface area contributed by atoms with Gasteiger partial charge in [0.15, 0.2) is 5.82 Å². The van der Waals surface area contributed by atoms with Crippen LogP contribution in [0.4, 0.5) is 19.0 Å². The molecular weight excluding hydrogens is 475 g/mol. The van der Waals surface area contributed by atoms with Crippen molar-refractivity contribution in [2.24, 2.45) is 16.6 Å². The second-order valence-corrected chi connectivity index (χ2v) is 6.80. The van der Waals surface area contributed by atoms with Crippen LogP contribution in [0.5, 0.6) is 0 Å². The van der Waals surface area contributed by atoms with Crippen LogP contribution < -0.4 is 27.7 Å². The summed E-state index contributed by atoms with van der Waals surface area (Å²) in [6.07, 6.45) is -2.77. The number of halogens is 3. The van der Waals surface area contributed by atoms with E-state index < -0.39 is 12.1 Å². The quantitative estimate of drug-likeness (QED) is 0.131. The predicted octanol–water partition coefficient (Wildman–Crippen LogP) is 0.161. The van der Waals surface area contributed by atoms with Crippen LogP contribution in [0.2, 0.25) is 0 Å². The van der Waals surface area contributed by atoms with E-state index in [-0.39, 0.29) is 42.9 Å². The maximum absolute atomic E-state index is 12.6. The highest BCUT2D eigenvalue weighted by Crippen LogP contribution is 2.13. The Labute approximate surface area is 197 Å². The van der Waals surface area contributed by atoms with Crippen molar-refractivity contribution in [1.29, 1.82) is 0 Å². The molecule has 0 radical (unpaired) electrons. The summed E-state index contributed by atoms with van der Waals surface area (Å²) in [5, 5.41) is 16.1. The number of nitrogens with one attached hydrogen (secondary N) is 2. The van der Waals surface area contributed by atoms with E-state index in [4.69, 9.17) is 26.2 Å². The number of carbonyl (C=O) groups is 2. The van der Waals surface area contributed by atoms with Crippen molar-refractivity contribution in [3.63, 3.8) is 0 Å². The van der Waals surface area contributed by atoms with Crippen LogP contribution in [0, 0.1) is 6.92 Å². The Morgan fingerprint density at radius 1 is 1.20 bits per heavy atom. The number of carbonyl (C=O) groups excluding carboxylic acids is 1. The van der Waals surface area contributed by atoms with Gasteiger partial charge in [-0.15, -0.1) is 0 Å². The number of nitrogens with two attached hydrogens (primary N) is 2.